The van der Waals surface area contributed by atoms with E-state index < -0.39 is 15.6 Å². The van der Waals surface area contributed by atoms with Crippen molar-refractivity contribution in [3.8, 4) is 0 Å². The van der Waals surface area contributed by atoms with E-state index in [9.17, 15) is 13.2 Å². The van der Waals surface area contributed by atoms with Crippen molar-refractivity contribution in [1.29, 1.82) is 0 Å². The third-order valence-electron chi connectivity index (χ3n) is 4.32. The highest BCUT2D eigenvalue weighted by molar-refractivity contribution is 7.86. The van der Waals surface area contributed by atoms with Crippen LogP contribution in [0.4, 0.5) is 13.2 Å². The Labute approximate surface area is 141 Å². The Morgan fingerprint density at radius 3 is 1.70 bits per heavy atom. The van der Waals surface area contributed by atoms with Crippen LogP contribution in [0.5, 0.6) is 0 Å². The lowest BCUT2D eigenvalue weighted by Gasteiger charge is -2.36. The first kappa shape index (κ1) is 25.4. The van der Waals surface area contributed by atoms with Gasteiger partial charge in [-0.05, 0) is 30.3 Å². The summed E-state index contributed by atoms with van der Waals surface area (Å²) in [6.07, 6.45) is 11.0. The molecule has 1 N–H and O–H groups in total. The van der Waals surface area contributed by atoms with Gasteiger partial charge in [-0.1, -0.05) is 59.8 Å². The van der Waals surface area contributed by atoms with Crippen LogP contribution in [0.15, 0.2) is 0 Å². The highest BCUT2D eigenvalue weighted by Crippen LogP contribution is 2.39. The molecule has 0 saturated carbocycles. The van der Waals surface area contributed by atoms with Crippen LogP contribution in [0, 0.1) is 5.92 Å². The van der Waals surface area contributed by atoms with E-state index in [4.69, 9.17) is 13.0 Å². The second-order valence-electron chi connectivity index (χ2n) is 5.82. The molecular formula is C15H32F3O3PS. The normalized spacial score (nSPS) is 14.1. The summed E-state index contributed by atoms with van der Waals surface area (Å²) >= 11 is 0. The lowest BCUT2D eigenvalue weighted by molar-refractivity contribution is -0.0510. The minimum Gasteiger partial charge on any atom is -0.279 e. The lowest BCUT2D eigenvalue weighted by Crippen LogP contribution is -2.29. The maximum absolute atomic E-state index is 10.7. The fraction of sp³-hybridized carbons (Fsp3) is 1.00. The van der Waals surface area contributed by atoms with Crippen molar-refractivity contribution in [2.75, 3.05) is 0 Å². The molecule has 0 spiro atoms. The van der Waals surface area contributed by atoms with E-state index in [0.717, 1.165) is 5.92 Å². The molecule has 0 radical (unpaired) electrons. The van der Waals surface area contributed by atoms with Crippen molar-refractivity contribution >= 4 is 19.4 Å². The van der Waals surface area contributed by atoms with Crippen LogP contribution in [0.25, 0.3) is 0 Å². The highest BCUT2D eigenvalue weighted by atomic mass is 32.2. The van der Waals surface area contributed by atoms with Crippen LogP contribution in [0.1, 0.15) is 79.1 Å². The highest BCUT2D eigenvalue weighted by Gasteiger charge is 2.44. The van der Waals surface area contributed by atoms with E-state index in [1.165, 1.54) is 51.4 Å². The van der Waals surface area contributed by atoms with E-state index in [2.05, 4.69) is 36.9 Å². The van der Waals surface area contributed by atoms with Gasteiger partial charge in [-0.3, -0.25) is 4.55 Å². The fourth-order valence-electron chi connectivity index (χ4n) is 2.54. The van der Waals surface area contributed by atoms with E-state index >= 15 is 0 Å². The zero-order valence-corrected chi connectivity index (χ0v) is 16.6. The summed E-state index contributed by atoms with van der Waals surface area (Å²) in [5, 5.41) is 0.515. The van der Waals surface area contributed by atoms with Crippen LogP contribution < -0.4 is 0 Å². The van der Waals surface area contributed by atoms with Crippen molar-refractivity contribution < 1.29 is 26.1 Å². The first-order chi connectivity index (χ1) is 10.4. The molecule has 2 atom stereocenters. The Hall–Kier alpha value is 0.130. The summed E-state index contributed by atoms with van der Waals surface area (Å²) in [5.74, 6) is 0.911. The quantitative estimate of drug-likeness (QED) is 0.238. The minimum atomic E-state index is -5.84. The van der Waals surface area contributed by atoms with Crippen molar-refractivity contribution in [2.24, 2.45) is 5.92 Å². The zero-order valence-electron chi connectivity index (χ0n) is 14.6. The Kier molecular flexibility index (Phi) is 12.8. The van der Waals surface area contributed by atoms with Crippen LogP contribution in [-0.2, 0) is 10.1 Å². The van der Waals surface area contributed by atoms with Crippen molar-refractivity contribution in [1.82, 2.24) is 0 Å². The smallest absolute Gasteiger partial charge is 0.279 e. The number of hydrogen-bond acceptors (Lipinski definition) is 2. The minimum absolute atomic E-state index is 0.515. The molecule has 0 aliphatic carbocycles. The fourth-order valence-corrected chi connectivity index (χ4v) is 2.95. The monoisotopic (exact) mass is 380 g/mol. The molecule has 142 valence electrons. The summed E-state index contributed by atoms with van der Waals surface area (Å²) in [5.41, 5.74) is -5.53. The maximum Gasteiger partial charge on any atom is 0.522 e. The average Bonchev–Trinajstić information content (AvgIpc) is 2.45. The van der Waals surface area contributed by atoms with E-state index in [-0.39, 0.29) is 0 Å². The summed E-state index contributed by atoms with van der Waals surface area (Å²) < 4.78 is 57.5. The molecule has 3 nitrogen and oxygen atoms in total. The van der Waals surface area contributed by atoms with Crippen LogP contribution in [-0.4, -0.2) is 23.6 Å². The number of rotatable bonds is 9. The predicted octanol–water partition coefficient (Wildman–Crippen LogP) is 5.81. The van der Waals surface area contributed by atoms with Gasteiger partial charge in [0.15, 0.2) is 0 Å². The Morgan fingerprint density at radius 1 is 1.00 bits per heavy atom. The van der Waals surface area contributed by atoms with Gasteiger partial charge in [0.2, 0.25) is 0 Å². The molecular weight excluding hydrogens is 348 g/mol. The largest absolute Gasteiger partial charge is 0.522 e. The molecule has 0 rings (SSSR count). The lowest BCUT2D eigenvalue weighted by atomic mass is 9.81. The van der Waals surface area contributed by atoms with Gasteiger partial charge in [0.1, 0.15) is 0 Å². The molecule has 0 heterocycles. The first-order valence-corrected chi connectivity index (χ1v) is 10.2. The van der Waals surface area contributed by atoms with Crippen molar-refractivity contribution in [3.63, 3.8) is 0 Å². The first-order valence-electron chi connectivity index (χ1n) is 8.22. The van der Waals surface area contributed by atoms with Gasteiger partial charge in [0, 0.05) is 0 Å². The Balaban J connectivity index is 0. The molecule has 0 aliphatic rings. The topological polar surface area (TPSA) is 54.4 Å². The van der Waals surface area contributed by atoms with Gasteiger partial charge in [-0.15, -0.1) is 9.24 Å². The standard InChI is InChI=1S/C14H31P.CHF3O3S/c1-5-9-10-11-12-13(6-2)14(15,7-3)8-4;2-1(3,4)8(5,6)7/h13H,5-12,15H2,1-4H3;(H,5,6,7). The number of alkyl halides is 3. The number of halogens is 3. The zero-order chi connectivity index (χ0) is 18.7. The summed E-state index contributed by atoms with van der Waals surface area (Å²) in [6.45, 7) is 9.32. The second-order valence-corrected chi connectivity index (χ2v) is 8.38. The van der Waals surface area contributed by atoms with Crippen LogP contribution in [0.3, 0.4) is 0 Å². The third kappa shape index (κ3) is 10.6. The molecule has 0 amide bonds. The molecule has 0 aromatic rings. The van der Waals surface area contributed by atoms with Gasteiger partial charge in [-0.2, -0.15) is 21.6 Å². The molecule has 0 aromatic carbocycles. The van der Waals surface area contributed by atoms with Gasteiger partial charge in [0.25, 0.3) is 0 Å². The van der Waals surface area contributed by atoms with Crippen LogP contribution in [0.2, 0.25) is 0 Å². The molecule has 0 aliphatic heterocycles. The van der Waals surface area contributed by atoms with Gasteiger partial charge < -0.3 is 0 Å². The Morgan fingerprint density at radius 2 is 1.43 bits per heavy atom. The van der Waals surface area contributed by atoms with Crippen LogP contribution >= 0.6 is 9.24 Å². The molecule has 23 heavy (non-hydrogen) atoms. The number of hydrogen-bond donors (Lipinski definition) is 1. The molecule has 0 aromatic heterocycles. The van der Waals surface area contributed by atoms with Gasteiger partial charge >= 0.3 is 15.6 Å². The maximum atomic E-state index is 10.7. The molecule has 0 saturated heterocycles. The predicted molar refractivity (Wildman–Crippen MR) is 93.2 cm³/mol. The van der Waals surface area contributed by atoms with Gasteiger partial charge in [0.05, 0.1) is 0 Å². The average molecular weight is 380 g/mol. The van der Waals surface area contributed by atoms with Crippen molar-refractivity contribution in [3.05, 3.63) is 0 Å². The summed E-state index contributed by atoms with van der Waals surface area (Å²) in [6, 6.07) is 0. The second kappa shape index (κ2) is 11.6. The van der Waals surface area contributed by atoms with E-state index in [1.807, 2.05) is 0 Å². The SMILES string of the molecule is CCCCCCC(CC)C(P)(CC)CC.O=S(=O)(O)C(F)(F)F. The number of unbranched alkanes of at least 4 members (excludes halogenated alkanes) is 3. The van der Waals surface area contributed by atoms with Gasteiger partial charge in [-0.25, -0.2) is 0 Å². The molecule has 0 bridgehead atoms. The molecule has 8 heteroatoms. The summed E-state index contributed by atoms with van der Waals surface area (Å²) in [4.78, 5) is 0. The summed E-state index contributed by atoms with van der Waals surface area (Å²) in [7, 11) is -2.69. The molecule has 2 unspecified atom stereocenters. The molecule has 0 fully saturated rings. The Bertz CT molecular complexity index is 393. The van der Waals surface area contributed by atoms with Crippen molar-refractivity contribution in [2.45, 2.75) is 89.7 Å². The third-order valence-corrected chi connectivity index (χ3v) is 6.19. The van der Waals surface area contributed by atoms with E-state index in [0.29, 0.717) is 5.16 Å². The van der Waals surface area contributed by atoms with E-state index in [1.54, 1.807) is 0 Å².